The summed E-state index contributed by atoms with van der Waals surface area (Å²) in [5.41, 5.74) is -0.909. The summed E-state index contributed by atoms with van der Waals surface area (Å²) in [7, 11) is -9.87. The molecule has 0 aliphatic carbocycles. The molecule has 2 amide bonds. The van der Waals surface area contributed by atoms with Crippen LogP contribution in [0.1, 0.15) is 16.8 Å². The van der Waals surface area contributed by atoms with Crippen molar-refractivity contribution in [2.24, 2.45) is 0 Å². The van der Waals surface area contributed by atoms with E-state index in [9.17, 15) is 34.1 Å². The van der Waals surface area contributed by atoms with Crippen molar-refractivity contribution in [1.82, 2.24) is 16.1 Å². The van der Waals surface area contributed by atoms with Crippen molar-refractivity contribution in [1.29, 1.82) is 0 Å². The summed E-state index contributed by atoms with van der Waals surface area (Å²) in [6.07, 6.45) is 0.0501. The summed E-state index contributed by atoms with van der Waals surface area (Å²) in [4.78, 5) is 21.7. The first-order valence-corrected chi connectivity index (χ1v) is 9.13. The summed E-state index contributed by atoms with van der Waals surface area (Å²) in [5.74, 6) is -2.24. The van der Waals surface area contributed by atoms with Gasteiger partial charge in [0, 0.05) is 12.1 Å². The standard InChI is InChI=1S/C13H16F5N3O4S/c14-26(15,16,17,18)9-3-1-8(2-4-9)11(22)20-10(12(23)21-25)13(24)5-6-19-7-13/h1-4,10,19,24-25H,5-7H2,(H,20,22)(H,21,23)/t10-,13?/m1/s1. The Balaban J connectivity index is 2.24. The van der Waals surface area contributed by atoms with Crippen LogP contribution in [0.15, 0.2) is 29.2 Å². The highest BCUT2D eigenvalue weighted by Gasteiger charge is 2.65. The van der Waals surface area contributed by atoms with Gasteiger partial charge in [0.05, 0.1) is 0 Å². The molecule has 1 heterocycles. The number of hydrogen-bond donors (Lipinski definition) is 5. The van der Waals surface area contributed by atoms with Crippen LogP contribution in [0, 0.1) is 0 Å². The fourth-order valence-corrected chi connectivity index (χ4v) is 3.18. The number of hydrogen-bond acceptors (Lipinski definition) is 5. The van der Waals surface area contributed by atoms with Crippen molar-refractivity contribution in [3.05, 3.63) is 29.8 Å². The van der Waals surface area contributed by atoms with E-state index in [2.05, 4.69) is 10.6 Å². The first-order chi connectivity index (χ1) is 11.7. The summed E-state index contributed by atoms with van der Waals surface area (Å²) < 4.78 is 63.4. The number of carbonyl (C=O) groups excluding carboxylic acids is 2. The van der Waals surface area contributed by atoms with Crippen LogP contribution in [0.3, 0.4) is 0 Å². The van der Waals surface area contributed by atoms with Crippen molar-refractivity contribution >= 4 is 22.0 Å². The SMILES string of the molecule is O=C(N[C@H](C(=O)NO)C1(O)CCNC1)c1ccc(S(F)(F)(F)(F)F)cc1. The molecule has 7 nitrogen and oxygen atoms in total. The zero-order valence-corrected chi connectivity index (χ0v) is 13.8. The van der Waals surface area contributed by atoms with Crippen LogP contribution < -0.4 is 16.1 Å². The van der Waals surface area contributed by atoms with Gasteiger partial charge in [-0.25, -0.2) is 5.48 Å². The van der Waals surface area contributed by atoms with E-state index in [1.165, 1.54) is 5.48 Å². The van der Waals surface area contributed by atoms with E-state index < -0.39 is 44.1 Å². The summed E-state index contributed by atoms with van der Waals surface area (Å²) in [6, 6.07) is -0.460. The smallest absolute Gasteiger partial charge is 0.310 e. The molecule has 26 heavy (non-hydrogen) atoms. The number of rotatable bonds is 5. The molecule has 2 rings (SSSR count). The van der Waals surface area contributed by atoms with Crippen LogP contribution >= 0.6 is 10.2 Å². The Morgan fingerprint density at radius 2 is 1.73 bits per heavy atom. The molecule has 2 atom stereocenters. The van der Waals surface area contributed by atoms with Crippen LogP contribution in [0.2, 0.25) is 0 Å². The maximum Gasteiger partial charge on any atom is 0.310 e. The third kappa shape index (κ3) is 4.41. The van der Waals surface area contributed by atoms with Crippen LogP contribution in [-0.4, -0.2) is 46.9 Å². The lowest BCUT2D eigenvalue weighted by atomic mass is 9.92. The second-order valence-electron chi connectivity index (χ2n) is 5.91. The molecule has 0 radical (unpaired) electrons. The van der Waals surface area contributed by atoms with E-state index in [0.29, 0.717) is 18.7 Å². The first-order valence-electron chi connectivity index (χ1n) is 7.18. The molecule has 1 aromatic rings. The highest BCUT2D eigenvalue weighted by atomic mass is 32.5. The van der Waals surface area contributed by atoms with E-state index in [-0.39, 0.29) is 25.1 Å². The first kappa shape index (κ1) is 20.4. The minimum atomic E-state index is -9.87. The van der Waals surface area contributed by atoms with E-state index in [1.807, 2.05) is 0 Å². The van der Waals surface area contributed by atoms with Crippen molar-refractivity contribution < 1.29 is 39.3 Å². The molecule has 1 aliphatic rings. The molecule has 1 aliphatic heterocycles. The Hall–Kier alpha value is -1.96. The third-order valence-corrected chi connectivity index (χ3v) is 5.08. The van der Waals surface area contributed by atoms with Gasteiger partial charge in [-0.15, -0.1) is 0 Å². The Kier molecular flexibility index (Phi) is 4.52. The lowest BCUT2D eigenvalue weighted by molar-refractivity contribution is -0.137. The lowest BCUT2D eigenvalue weighted by Gasteiger charge is -2.40. The number of β-amino-alcohol motifs (C(OH)–C–C–N with tert-alkyl or cyclic N) is 1. The van der Waals surface area contributed by atoms with Gasteiger partial charge in [-0.05, 0) is 37.2 Å². The van der Waals surface area contributed by atoms with Crippen LogP contribution in [0.4, 0.5) is 19.4 Å². The predicted octanol–water partition coefficient (Wildman–Crippen LogP) is 1.67. The molecule has 5 N–H and O–H groups in total. The maximum atomic E-state index is 12.7. The number of nitrogens with one attached hydrogen (secondary N) is 3. The second-order valence-corrected chi connectivity index (χ2v) is 8.32. The minimum Gasteiger partial charge on any atom is -0.386 e. The van der Waals surface area contributed by atoms with Crippen molar-refractivity contribution in [3.8, 4) is 0 Å². The number of halogens is 5. The third-order valence-electron chi connectivity index (χ3n) is 3.91. The Morgan fingerprint density at radius 1 is 1.15 bits per heavy atom. The van der Waals surface area contributed by atoms with Crippen molar-refractivity contribution in [2.75, 3.05) is 13.1 Å². The molecule has 0 saturated carbocycles. The average molecular weight is 405 g/mol. The van der Waals surface area contributed by atoms with Gasteiger partial charge in [0.25, 0.3) is 11.8 Å². The average Bonchev–Trinajstić information content (AvgIpc) is 2.97. The monoisotopic (exact) mass is 405 g/mol. The van der Waals surface area contributed by atoms with Gasteiger partial charge in [0.1, 0.15) is 16.5 Å². The summed E-state index contributed by atoms with van der Waals surface area (Å²) in [6.45, 7) is 0.231. The highest BCUT2D eigenvalue weighted by molar-refractivity contribution is 8.45. The zero-order chi connectivity index (χ0) is 19.9. The Bertz CT molecular complexity index is 720. The topological polar surface area (TPSA) is 111 Å². The molecule has 1 unspecified atom stereocenters. The lowest BCUT2D eigenvalue weighted by Crippen LogP contribution is -2.60. The fraction of sp³-hybridized carbons (Fsp3) is 0.385. The number of amides is 2. The van der Waals surface area contributed by atoms with E-state index in [0.717, 1.165) is 0 Å². The van der Waals surface area contributed by atoms with Gasteiger partial charge in [0.2, 0.25) is 0 Å². The van der Waals surface area contributed by atoms with Gasteiger partial charge in [-0.1, -0.05) is 19.4 Å². The summed E-state index contributed by atoms with van der Waals surface area (Å²) >= 11 is 0. The highest BCUT2D eigenvalue weighted by Crippen LogP contribution is 3.02. The second kappa shape index (κ2) is 5.77. The molecule has 13 heteroatoms. The maximum absolute atomic E-state index is 12.7. The molecule has 1 saturated heterocycles. The predicted molar refractivity (Wildman–Crippen MR) is 81.5 cm³/mol. The minimum absolute atomic E-state index is 0.0501. The van der Waals surface area contributed by atoms with E-state index in [4.69, 9.17) is 5.21 Å². The molecular formula is C13H16F5N3O4S. The summed E-state index contributed by atoms with van der Waals surface area (Å²) in [5, 5.41) is 24.0. The molecule has 148 valence electrons. The number of hydroxylamine groups is 1. The largest absolute Gasteiger partial charge is 0.386 e. The molecular weight excluding hydrogens is 389 g/mol. The molecule has 0 bridgehead atoms. The van der Waals surface area contributed by atoms with Gasteiger partial charge in [-0.3, -0.25) is 14.8 Å². The quantitative estimate of drug-likeness (QED) is 0.291. The van der Waals surface area contributed by atoms with E-state index >= 15 is 0 Å². The van der Waals surface area contributed by atoms with Crippen LogP contribution in [0.5, 0.6) is 0 Å². The fourth-order valence-electron chi connectivity index (χ4n) is 2.53. The zero-order valence-electron chi connectivity index (χ0n) is 13.0. The number of carbonyl (C=O) groups is 2. The van der Waals surface area contributed by atoms with Crippen molar-refractivity contribution in [2.45, 2.75) is 23.0 Å². The molecule has 1 fully saturated rings. The molecule has 1 aromatic carbocycles. The van der Waals surface area contributed by atoms with Crippen molar-refractivity contribution in [3.63, 3.8) is 0 Å². The normalized spacial score (nSPS) is 24.3. The van der Waals surface area contributed by atoms with E-state index in [1.54, 1.807) is 0 Å². The Morgan fingerprint density at radius 3 is 2.15 bits per heavy atom. The molecule has 0 spiro atoms. The van der Waals surface area contributed by atoms with Gasteiger partial charge >= 0.3 is 10.2 Å². The Labute approximate surface area is 144 Å². The number of benzene rings is 1. The molecule has 0 aromatic heterocycles. The van der Waals surface area contributed by atoms with Crippen LogP contribution in [-0.2, 0) is 4.79 Å². The van der Waals surface area contributed by atoms with Gasteiger partial charge < -0.3 is 15.7 Å². The van der Waals surface area contributed by atoms with Gasteiger partial charge in [-0.2, -0.15) is 0 Å². The van der Waals surface area contributed by atoms with Gasteiger partial charge in [0.15, 0.2) is 0 Å². The number of aliphatic hydroxyl groups is 1. The van der Waals surface area contributed by atoms with Crippen LogP contribution in [0.25, 0.3) is 0 Å².